The largest absolute Gasteiger partial charge is 0.495 e. The molecule has 3 aromatic carbocycles. The normalized spacial score (nSPS) is 11.8. The maximum Gasteiger partial charge on any atom is 0.417 e. The van der Waals surface area contributed by atoms with Gasteiger partial charge in [0.1, 0.15) is 11.8 Å². The van der Waals surface area contributed by atoms with Gasteiger partial charge in [0, 0.05) is 40.0 Å². The second kappa shape index (κ2) is 12.3. The number of amides is 1. The molecule has 11 heteroatoms. The molecule has 0 aliphatic rings. The smallest absolute Gasteiger partial charge is 0.417 e. The first-order valence-corrected chi connectivity index (χ1v) is 12.9. The SMILES string of the molecule is COc1cn(C(Cc2ccccc2)C(=O)Nc2ccc(C#N)c(C(F)(F)F)c2)c(=O)cc1-c1cc(Cl)ccc1C(C)=N. The second-order valence-electron chi connectivity index (χ2n) is 9.38. The third-order valence-electron chi connectivity index (χ3n) is 6.56. The minimum absolute atomic E-state index is 0.0273. The number of hydrogen-bond acceptors (Lipinski definition) is 5. The predicted octanol–water partition coefficient (Wildman–Crippen LogP) is 6.88. The Morgan fingerprint density at radius 1 is 1.10 bits per heavy atom. The topological polar surface area (TPSA) is 108 Å². The Labute approximate surface area is 244 Å². The summed E-state index contributed by atoms with van der Waals surface area (Å²) in [5.41, 5.74) is -0.272. The van der Waals surface area contributed by atoms with E-state index in [9.17, 15) is 22.8 Å². The summed E-state index contributed by atoms with van der Waals surface area (Å²) in [6.07, 6.45) is -3.43. The fourth-order valence-electron chi connectivity index (χ4n) is 4.55. The van der Waals surface area contributed by atoms with Gasteiger partial charge in [0.15, 0.2) is 0 Å². The summed E-state index contributed by atoms with van der Waals surface area (Å²) in [6.45, 7) is 1.59. The van der Waals surface area contributed by atoms with Crippen molar-refractivity contribution in [3.63, 3.8) is 0 Å². The summed E-state index contributed by atoms with van der Waals surface area (Å²) in [6, 6.07) is 18.1. The highest BCUT2D eigenvalue weighted by atomic mass is 35.5. The number of carbonyl (C=O) groups is 1. The molecule has 0 radical (unpaired) electrons. The van der Waals surface area contributed by atoms with Crippen molar-refractivity contribution in [2.24, 2.45) is 0 Å². The maximum absolute atomic E-state index is 13.6. The molecule has 2 N–H and O–H groups in total. The molecule has 1 amide bonds. The van der Waals surface area contributed by atoms with E-state index in [1.54, 1.807) is 55.5 Å². The van der Waals surface area contributed by atoms with Gasteiger partial charge in [0.05, 0.1) is 30.5 Å². The van der Waals surface area contributed by atoms with E-state index in [1.807, 2.05) is 0 Å². The molecule has 1 aromatic heterocycles. The van der Waals surface area contributed by atoms with Gasteiger partial charge < -0.3 is 15.5 Å². The molecule has 1 unspecified atom stereocenters. The summed E-state index contributed by atoms with van der Waals surface area (Å²) in [4.78, 5) is 27.2. The molecule has 0 saturated heterocycles. The Balaban J connectivity index is 1.82. The average molecular weight is 593 g/mol. The van der Waals surface area contributed by atoms with E-state index < -0.39 is 34.8 Å². The molecule has 42 heavy (non-hydrogen) atoms. The van der Waals surface area contributed by atoms with E-state index in [-0.39, 0.29) is 23.6 Å². The van der Waals surface area contributed by atoms with Crippen LogP contribution in [0.2, 0.25) is 5.02 Å². The number of alkyl halides is 3. The minimum atomic E-state index is -4.82. The number of nitrogens with one attached hydrogen (secondary N) is 2. The Kier molecular flexibility index (Phi) is 8.83. The van der Waals surface area contributed by atoms with Crippen molar-refractivity contribution in [2.45, 2.75) is 25.6 Å². The van der Waals surface area contributed by atoms with E-state index in [0.717, 1.165) is 10.6 Å². The van der Waals surface area contributed by atoms with Crippen LogP contribution in [0.5, 0.6) is 5.75 Å². The number of methoxy groups -OCH3 is 1. The highest BCUT2D eigenvalue weighted by Gasteiger charge is 2.34. The molecule has 0 bridgehead atoms. The number of nitriles is 1. The number of aromatic nitrogens is 1. The average Bonchev–Trinajstić information content (AvgIpc) is 2.95. The fourth-order valence-corrected chi connectivity index (χ4v) is 4.72. The molecule has 0 fully saturated rings. The van der Waals surface area contributed by atoms with Crippen molar-refractivity contribution in [1.82, 2.24) is 4.57 Å². The number of halogens is 4. The van der Waals surface area contributed by atoms with Crippen LogP contribution in [0.1, 0.15) is 35.2 Å². The van der Waals surface area contributed by atoms with Gasteiger partial charge in [0.25, 0.3) is 5.56 Å². The first-order chi connectivity index (χ1) is 19.9. The number of carbonyl (C=O) groups excluding carboxylic acids is 1. The van der Waals surface area contributed by atoms with Crippen LogP contribution >= 0.6 is 11.6 Å². The zero-order chi connectivity index (χ0) is 30.6. The molecule has 1 heterocycles. The van der Waals surface area contributed by atoms with Crippen LogP contribution in [0.15, 0.2) is 83.8 Å². The number of hydrogen-bond donors (Lipinski definition) is 2. The van der Waals surface area contributed by atoms with Gasteiger partial charge >= 0.3 is 6.18 Å². The lowest BCUT2D eigenvalue weighted by Gasteiger charge is -2.22. The number of benzene rings is 3. The van der Waals surface area contributed by atoms with Crippen LogP contribution in [0.4, 0.5) is 18.9 Å². The summed E-state index contributed by atoms with van der Waals surface area (Å²) < 4.78 is 47.3. The van der Waals surface area contributed by atoms with Crippen molar-refractivity contribution in [3.05, 3.63) is 117 Å². The standard InChI is InChI=1S/C31H24ClF3N4O3/c1-18(37)23-11-9-21(32)13-24(23)25-15-29(40)39(17-28(25)42-2)27(12-19-6-4-3-5-7-19)30(41)38-22-10-8-20(16-36)26(14-22)31(33,34)35/h3-11,13-15,17,27,37H,12H2,1-2H3,(H,38,41). The van der Waals surface area contributed by atoms with Crippen LogP contribution in [-0.4, -0.2) is 23.3 Å². The molecule has 1 atom stereocenters. The van der Waals surface area contributed by atoms with E-state index >= 15 is 0 Å². The third kappa shape index (κ3) is 6.53. The van der Waals surface area contributed by atoms with Crippen LogP contribution in [0.25, 0.3) is 11.1 Å². The minimum Gasteiger partial charge on any atom is -0.495 e. The van der Waals surface area contributed by atoms with Gasteiger partial charge in [-0.2, -0.15) is 18.4 Å². The van der Waals surface area contributed by atoms with Gasteiger partial charge in [-0.25, -0.2) is 0 Å². The summed E-state index contributed by atoms with van der Waals surface area (Å²) >= 11 is 6.22. The summed E-state index contributed by atoms with van der Waals surface area (Å²) in [7, 11) is 1.39. The van der Waals surface area contributed by atoms with Gasteiger partial charge in [-0.15, -0.1) is 0 Å². The Morgan fingerprint density at radius 2 is 1.81 bits per heavy atom. The van der Waals surface area contributed by atoms with Crippen molar-refractivity contribution in [2.75, 3.05) is 12.4 Å². The molecule has 214 valence electrons. The van der Waals surface area contributed by atoms with Crippen molar-refractivity contribution in [3.8, 4) is 22.9 Å². The lowest BCUT2D eigenvalue weighted by Crippen LogP contribution is -2.34. The predicted molar refractivity (Wildman–Crippen MR) is 154 cm³/mol. The van der Waals surface area contributed by atoms with E-state index in [0.29, 0.717) is 33.3 Å². The van der Waals surface area contributed by atoms with Crippen molar-refractivity contribution < 1.29 is 22.7 Å². The number of anilines is 1. The highest BCUT2D eigenvalue weighted by Crippen LogP contribution is 2.35. The number of pyridine rings is 1. The molecule has 7 nitrogen and oxygen atoms in total. The van der Waals surface area contributed by atoms with Crippen LogP contribution in [0, 0.1) is 16.7 Å². The Bertz CT molecular complexity index is 1760. The number of ether oxygens (including phenoxy) is 1. The van der Waals surface area contributed by atoms with Gasteiger partial charge in [-0.05, 0) is 48.4 Å². The van der Waals surface area contributed by atoms with Crippen LogP contribution < -0.4 is 15.6 Å². The second-order valence-corrected chi connectivity index (χ2v) is 9.82. The lowest BCUT2D eigenvalue weighted by molar-refractivity contribution is -0.137. The van der Waals surface area contributed by atoms with E-state index in [4.69, 9.17) is 27.0 Å². The van der Waals surface area contributed by atoms with Crippen molar-refractivity contribution in [1.29, 1.82) is 10.7 Å². The van der Waals surface area contributed by atoms with Gasteiger partial charge in [0.2, 0.25) is 5.91 Å². The van der Waals surface area contributed by atoms with E-state index in [2.05, 4.69) is 5.32 Å². The van der Waals surface area contributed by atoms with Gasteiger partial charge in [-0.3, -0.25) is 14.2 Å². The fraction of sp³-hybridized carbons (Fsp3) is 0.161. The van der Waals surface area contributed by atoms with Crippen LogP contribution in [0.3, 0.4) is 0 Å². The molecular weight excluding hydrogens is 569 g/mol. The number of rotatable bonds is 8. The quantitative estimate of drug-likeness (QED) is 0.217. The zero-order valence-corrected chi connectivity index (χ0v) is 23.2. The van der Waals surface area contributed by atoms with Crippen LogP contribution in [-0.2, 0) is 17.4 Å². The molecule has 0 spiro atoms. The highest BCUT2D eigenvalue weighted by molar-refractivity contribution is 6.31. The van der Waals surface area contributed by atoms with E-state index in [1.165, 1.54) is 31.5 Å². The summed E-state index contributed by atoms with van der Waals surface area (Å²) in [5.74, 6) is -0.546. The van der Waals surface area contributed by atoms with Crippen molar-refractivity contribution >= 4 is 28.9 Å². The maximum atomic E-state index is 13.6. The molecule has 4 aromatic rings. The molecular formula is C31H24ClF3N4O3. The molecule has 0 saturated carbocycles. The van der Waals surface area contributed by atoms with Gasteiger partial charge in [-0.1, -0.05) is 48.0 Å². The molecule has 0 aliphatic heterocycles. The lowest BCUT2D eigenvalue weighted by atomic mass is 9.96. The monoisotopic (exact) mass is 592 g/mol. The first-order valence-electron chi connectivity index (χ1n) is 12.5. The first kappa shape index (κ1) is 30.1. The summed E-state index contributed by atoms with van der Waals surface area (Å²) in [5, 5.41) is 20.1. The Morgan fingerprint density at radius 3 is 2.43 bits per heavy atom. The molecule has 0 aliphatic carbocycles. The third-order valence-corrected chi connectivity index (χ3v) is 6.80. The zero-order valence-electron chi connectivity index (χ0n) is 22.4. The Hall–Kier alpha value is -4.88. The number of nitrogens with zero attached hydrogens (tertiary/aromatic N) is 2. The molecule has 4 rings (SSSR count).